The average Bonchev–Trinajstić information content (AvgIpc) is 3.25. The van der Waals surface area contributed by atoms with Crippen LogP contribution in [0.25, 0.3) is 39.0 Å². The molecule has 7 nitrogen and oxygen atoms in total. The van der Waals surface area contributed by atoms with Gasteiger partial charge in [-0.3, -0.25) is 4.57 Å². The predicted molar refractivity (Wildman–Crippen MR) is 110 cm³/mol. The van der Waals surface area contributed by atoms with Crippen molar-refractivity contribution in [2.24, 2.45) is 0 Å². The summed E-state index contributed by atoms with van der Waals surface area (Å²) in [6.45, 7) is 2.55. The highest BCUT2D eigenvalue weighted by Gasteiger charge is 2.15. The Balaban J connectivity index is 1.67. The van der Waals surface area contributed by atoms with Crippen LogP contribution in [0.5, 0.6) is 0 Å². The van der Waals surface area contributed by atoms with Gasteiger partial charge in [-0.05, 0) is 42.8 Å². The molecule has 0 unspecified atom stereocenters. The normalized spacial score (nSPS) is 11.5. The van der Waals surface area contributed by atoms with Crippen LogP contribution < -0.4 is 11.5 Å². The molecule has 0 bridgehead atoms. The van der Waals surface area contributed by atoms with E-state index in [1.807, 2.05) is 61.5 Å². The van der Waals surface area contributed by atoms with Gasteiger partial charge >= 0.3 is 5.69 Å². The first-order chi connectivity index (χ1) is 13.7. The van der Waals surface area contributed by atoms with Crippen molar-refractivity contribution in [1.82, 2.24) is 23.8 Å². The molecule has 5 aromatic rings. The quantitative estimate of drug-likeness (QED) is 0.495. The van der Waals surface area contributed by atoms with E-state index >= 15 is 0 Å². The number of pyridine rings is 1. The summed E-state index contributed by atoms with van der Waals surface area (Å²) in [5.74, 6) is 6.03. The van der Waals surface area contributed by atoms with Crippen LogP contribution in [0, 0.1) is 0 Å². The van der Waals surface area contributed by atoms with Gasteiger partial charge in [0.2, 0.25) is 0 Å². The average molecular weight is 370 g/mol. The Morgan fingerprint density at radius 1 is 1.00 bits per heavy atom. The maximum atomic E-state index is 12.9. The molecule has 0 atom stereocenters. The third-order valence-corrected chi connectivity index (χ3v) is 5.04. The van der Waals surface area contributed by atoms with Gasteiger partial charge in [0.05, 0.1) is 22.2 Å². The molecule has 2 aromatic carbocycles. The van der Waals surface area contributed by atoms with E-state index in [9.17, 15) is 4.79 Å². The van der Waals surface area contributed by atoms with Crippen LogP contribution in [-0.4, -0.2) is 23.8 Å². The highest BCUT2D eigenvalue weighted by Crippen LogP contribution is 2.28. The minimum absolute atomic E-state index is 0.0916. The summed E-state index contributed by atoms with van der Waals surface area (Å²) in [6.07, 6.45) is 3.31. The molecule has 0 radical (unpaired) electrons. The number of imidazole rings is 2. The number of nitrogen functional groups attached to an aromatic ring is 1. The van der Waals surface area contributed by atoms with Gasteiger partial charge in [0.15, 0.2) is 5.65 Å². The van der Waals surface area contributed by atoms with E-state index < -0.39 is 0 Å². The van der Waals surface area contributed by atoms with Gasteiger partial charge < -0.3 is 5.84 Å². The van der Waals surface area contributed by atoms with Crippen LogP contribution in [-0.2, 0) is 6.54 Å². The SMILES string of the molecule is CCn1c(=O)n(-c2ccc(-c3cccc4ncn(N)c34)cc2)c2ncccc21. The zero-order chi connectivity index (χ0) is 19.3. The van der Waals surface area contributed by atoms with E-state index in [4.69, 9.17) is 5.84 Å². The second-order valence-corrected chi connectivity index (χ2v) is 6.58. The summed E-state index contributed by atoms with van der Waals surface area (Å²) in [7, 11) is 0. The zero-order valence-corrected chi connectivity index (χ0v) is 15.3. The van der Waals surface area contributed by atoms with E-state index in [0.717, 1.165) is 33.4 Å². The zero-order valence-electron chi connectivity index (χ0n) is 15.3. The molecule has 5 rings (SSSR count). The number of hydrogen-bond donors (Lipinski definition) is 1. The van der Waals surface area contributed by atoms with Crippen LogP contribution >= 0.6 is 0 Å². The highest BCUT2D eigenvalue weighted by molar-refractivity contribution is 5.92. The number of nitrogens with zero attached hydrogens (tertiary/aromatic N) is 5. The summed E-state index contributed by atoms with van der Waals surface area (Å²) in [5, 5.41) is 0. The fraction of sp³-hybridized carbons (Fsp3) is 0.0952. The van der Waals surface area contributed by atoms with Crippen LogP contribution in [0.4, 0.5) is 0 Å². The third kappa shape index (κ3) is 2.26. The maximum Gasteiger partial charge on any atom is 0.334 e. The summed E-state index contributed by atoms with van der Waals surface area (Å²) in [6, 6.07) is 17.5. The smallest absolute Gasteiger partial charge is 0.334 e. The second-order valence-electron chi connectivity index (χ2n) is 6.58. The number of rotatable bonds is 3. The van der Waals surface area contributed by atoms with Crippen LogP contribution in [0.15, 0.2) is 71.9 Å². The van der Waals surface area contributed by atoms with Crippen LogP contribution in [0.1, 0.15) is 6.92 Å². The Morgan fingerprint density at radius 2 is 1.82 bits per heavy atom. The molecule has 0 aliphatic carbocycles. The van der Waals surface area contributed by atoms with E-state index in [2.05, 4.69) is 9.97 Å². The number of aryl methyl sites for hydroxylation is 1. The van der Waals surface area contributed by atoms with Crippen molar-refractivity contribution >= 4 is 22.2 Å². The fourth-order valence-corrected chi connectivity index (χ4v) is 3.74. The van der Waals surface area contributed by atoms with Gasteiger partial charge in [-0.15, -0.1) is 0 Å². The molecule has 0 amide bonds. The molecule has 0 saturated heterocycles. The number of hydrogen-bond acceptors (Lipinski definition) is 4. The highest BCUT2D eigenvalue weighted by atomic mass is 16.1. The largest absolute Gasteiger partial charge is 0.338 e. The number of aromatic nitrogens is 5. The molecule has 0 aliphatic rings. The second kappa shape index (κ2) is 6.09. The Bertz CT molecular complexity index is 1370. The van der Waals surface area contributed by atoms with Gasteiger partial charge in [-0.2, -0.15) is 0 Å². The number of para-hydroxylation sites is 1. The van der Waals surface area contributed by atoms with Crippen molar-refractivity contribution in [3.05, 3.63) is 77.6 Å². The molecular weight excluding hydrogens is 352 g/mol. The van der Waals surface area contributed by atoms with Gasteiger partial charge in [-0.25, -0.2) is 24.0 Å². The number of fused-ring (bicyclic) bond motifs is 2. The van der Waals surface area contributed by atoms with Gasteiger partial charge in [0.25, 0.3) is 0 Å². The van der Waals surface area contributed by atoms with Crippen molar-refractivity contribution in [3.8, 4) is 16.8 Å². The number of nitrogens with two attached hydrogens (primary N) is 1. The molecule has 3 heterocycles. The van der Waals surface area contributed by atoms with E-state index in [-0.39, 0.29) is 5.69 Å². The van der Waals surface area contributed by atoms with E-state index in [1.165, 1.54) is 4.68 Å². The Hall–Kier alpha value is -3.87. The minimum atomic E-state index is -0.0916. The first kappa shape index (κ1) is 16.3. The predicted octanol–water partition coefficient (Wildman–Crippen LogP) is 2.94. The lowest BCUT2D eigenvalue weighted by atomic mass is 10.0. The first-order valence-corrected chi connectivity index (χ1v) is 9.07. The van der Waals surface area contributed by atoms with Crippen molar-refractivity contribution in [3.63, 3.8) is 0 Å². The maximum absolute atomic E-state index is 12.9. The first-order valence-electron chi connectivity index (χ1n) is 9.07. The lowest BCUT2D eigenvalue weighted by molar-refractivity contribution is 0.734. The van der Waals surface area contributed by atoms with E-state index in [1.54, 1.807) is 21.7 Å². The molecule has 0 fully saturated rings. The van der Waals surface area contributed by atoms with Gasteiger partial charge in [0, 0.05) is 18.3 Å². The summed E-state index contributed by atoms with van der Waals surface area (Å²) in [4.78, 5) is 21.7. The Morgan fingerprint density at radius 3 is 2.61 bits per heavy atom. The summed E-state index contributed by atoms with van der Waals surface area (Å²) < 4.78 is 4.90. The van der Waals surface area contributed by atoms with Crippen LogP contribution in [0.3, 0.4) is 0 Å². The molecule has 0 spiro atoms. The minimum Gasteiger partial charge on any atom is -0.338 e. The summed E-state index contributed by atoms with van der Waals surface area (Å²) in [5.41, 5.74) is 5.88. The van der Waals surface area contributed by atoms with Crippen molar-refractivity contribution in [2.75, 3.05) is 5.84 Å². The standard InChI is InChI=1S/C21H18N6O/c1-2-25-18-7-4-12-23-20(18)27(21(25)28)15-10-8-14(9-11-15)16-5-3-6-17-19(16)26(22)13-24-17/h3-13H,2,22H2,1H3. The topological polar surface area (TPSA) is 83.7 Å². The molecule has 28 heavy (non-hydrogen) atoms. The molecular formula is C21H18N6O. The molecule has 0 saturated carbocycles. The van der Waals surface area contributed by atoms with Crippen molar-refractivity contribution in [1.29, 1.82) is 0 Å². The third-order valence-electron chi connectivity index (χ3n) is 5.04. The van der Waals surface area contributed by atoms with Crippen LogP contribution in [0.2, 0.25) is 0 Å². The van der Waals surface area contributed by atoms with Gasteiger partial charge in [-0.1, -0.05) is 24.3 Å². The lowest BCUT2D eigenvalue weighted by Gasteiger charge is -2.08. The Labute approximate surface area is 160 Å². The monoisotopic (exact) mass is 370 g/mol. The molecule has 138 valence electrons. The van der Waals surface area contributed by atoms with Crippen molar-refractivity contribution < 1.29 is 0 Å². The summed E-state index contributed by atoms with van der Waals surface area (Å²) >= 11 is 0. The molecule has 7 heteroatoms. The lowest BCUT2D eigenvalue weighted by Crippen LogP contribution is -2.22. The number of benzene rings is 2. The van der Waals surface area contributed by atoms with E-state index in [0.29, 0.717) is 12.2 Å². The Kier molecular flexibility index (Phi) is 3.55. The van der Waals surface area contributed by atoms with Crippen molar-refractivity contribution in [2.45, 2.75) is 13.5 Å². The molecule has 0 aliphatic heterocycles. The molecule has 2 N–H and O–H groups in total. The fourth-order valence-electron chi connectivity index (χ4n) is 3.74. The van der Waals surface area contributed by atoms with Gasteiger partial charge in [0.1, 0.15) is 6.33 Å². The molecule has 3 aromatic heterocycles.